The van der Waals surface area contributed by atoms with E-state index in [-0.39, 0.29) is 11.9 Å². The molecule has 7 nitrogen and oxygen atoms in total. The van der Waals surface area contributed by atoms with Crippen molar-refractivity contribution in [2.75, 3.05) is 13.6 Å². The maximum atomic E-state index is 12.7. The Hall–Kier alpha value is -2.49. The summed E-state index contributed by atoms with van der Waals surface area (Å²) in [6.07, 6.45) is -1.70. The van der Waals surface area contributed by atoms with Crippen molar-refractivity contribution >= 4 is 5.91 Å². The summed E-state index contributed by atoms with van der Waals surface area (Å²) < 4.78 is 39.5. The Morgan fingerprint density at radius 1 is 1.27 bits per heavy atom. The van der Waals surface area contributed by atoms with E-state index in [1.807, 2.05) is 4.90 Å². The van der Waals surface area contributed by atoms with Crippen LogP contribution in [0, 0.1) is 0 Å². The van der Waals surface area contributed by atoms with Gasteiger partial charge in [-0.2, -0.15) is 17.9 Å². The van der Waals surface area contributed by atoms with Gasteiger partial charge in [-0.1, -0.05) is 6.42 Å². The molecule has 1 fully saturated rings. The second-order valence-corrected chi connectivity index (χ2v) is 6.15. The van der Waals surface area contributed by atoms with Crippen molar-refractivity contribution in [3.05, 3.63) is 35.7 Å². The Kier molecular flexibility index (Phi) is 5.21. The molecule has 1 aliphatic heterocycles. The Labute approximate surface area is 148 Å². The Balaban J connectivity index is 1.81. The van der Waals surface area contributed by atoms with Gasteiger partial charge in [0.05, 0.1) is 23.8 Å². The van der Waals surface area contributed by atoms with Gasteiger partial charge in [-0.25, -0.2) is 0 Å². The highest BCUT2D eigenvalue weighted by Crippen LogP contribution is 2.29. The molecule has 0 saturated carbocycles. The number of alkyl halides is 3. The highest BCUT2D eigenvalue weighted by atomic mass is 19.4. The van der Waals surface area contributed by atoms with Crippen LogP contribution >= 0.6 is 0 Å². The number of hydrogen-bond donors (Lipinski definition) is 1. The first kappa shape index (κ1) is 18.3. The summed E-state index contributed by atoms with van der Waals surface area (Å²) in [5.74, 6) is 0.416. The lowest BCUT2D eigenvalue weighted by Gasteiger charge is -2.33. The van der Waals surface area contributed by atoms with Crippen molar-refractivity contribution in [1.82, 2.24) is 30.4 Å². The van der Waals surface area contributed by atoms with Crippen LogP contribution in [-0.2, 0) is 17.5 Å². The molecule has 0 aliphatic carbocycles. The third-order valence-corrected chi connectivity index (χ3v) is 4.48. The van der Waals surface area contributed by atoms with Crippen molar-refractivity contribution < 1.29 is 18.0 Å². The van der Waals surface area contributed by atoms with E-state index in [1.54, 1.807) is 7.05 Å². The fourth-order valence-electron chi connectivity index (χ4n) is 3.12. The quantitative estimate of drug-likeness (QED) is 0.890. The highest BCUT2D eigenvalue weighted by molar-refractivity contribution is 5.81. The number of halogens is 3. The van der Waals surface area contributed by atoms with E-state index in [0.29, 0.717) is 18.1 Å². The van der Waals surface area contributed by atoms with Gasteiger partial charge in [0.15, 0.2) is 5.82 Å². The summed E-state index contributed by atoms with van der Waals surface area (Å²) in [5, 5.41) is 14.2. The SMILES string of the molecule is CNC(=O)[C@@H]1CCCCN1Cc1nnnn1-c1ccc(C(F)(F)F)cc1. The van der Waals surface area contributed by atoms with E-state index in [2.05, 4.69) is 20.8 Å². The summed E-state index contributed by atoms with van der Waals surface area (Å²) >= 11 is 0. The molecule has 1 aromatic heterocycles. The number of carbonyl (C=O) groups excluding carboxylic acids is 1. The van der Waals surface area contributed by atoms with Gasteiger partial charge in [-0.3, -0.25) is 9.69 Å². The van der Waals surface area contributed by atoms with Crippen molar-refractivity contribution in [3.63, 3.8) is 0 Å². The zero-order valence-corrected chi connectivity index (χ0v) is 14.2. The first-order valence-corrected chi connectivity index (χ1v) is 8.30. The first-order valence-electron chi connectivity index (χ1n) is 8.30. The minimum Gasteiger partial charge on any atom is -0.358 e. The second kappa shape index (κ2) is 7.40. The minimum atomic E-state index is -4.39. The van der Waals surface area contributed by atoms with Gasteiger partial charge in [-0.05, 0) is 54.1 Å². The smallest absolute Gasteiger partial charge is 0.358 e. The molecule has 2 heterocycles. The lowest BCUT2D eigenvalue weighted by atomic mass is 10.0. The van der Waals surface area contributed by atoms with Crippen LogP contribution in [0.5, 0.6) is 0 Å². The van der Waals surface area contributed by atoms with Gasteiger partial charge in [0.1, 0.15) is 0 Å². The third kappa shape index (κ3) is 3.85. The normalized spacial score (nSPS) is 18.7. The Morgan fingerprint density at radius 3 is 2.65 bits per heavy atom. The molecule has 1 saturated heterocycles. The average Bonchev–Trinajstić information content (AvgIpc) is 3.09. The van der Waals surface area contributed by atoms with Crippen LogP contribution in [0.15, 0.2) is 24.3 Å². The molecular weight excluding hydrogens is 349 g/mol. The zero-order valence-electron chi connectivity index (χ0n) is 14.2. The second-order valence-electron chi connectivity index (χ2n) is 6.15. The van der Waals surface area contributed by atoms with E-state index in [9.17, 15) is 18.0 Å². The third-order valence-electron chi connectivity index (χ3n) is 4.48. The number of likely N-dealkylation sites (tertiary alicyclic amines) is 1. The number of nitrogens with zero attached hydrogens (tertiary/aromatic N) is 5. The average molecular weight is 368 g/mol. The van der Waals surface area contributed by atoms with Gasteiger partial charge in [0.2, 0.25) is 5.91 Å². The number of carbonyl (C=O) groups is 1. The van der Waals surface area contributed by atoms with Crippen molar-refractivity contribution in [2.24, 2.45) is 0 Å². The molecule has 0 spiro atoms. The van der Waals surface area contributed by atoms with E-state index in [4.69, 9.17) is 0 Å². The van der Waals surface area contributed by atoms with Gasteiger partial charge >= 0.3 is 6.18 Å². The molecule has 1 N–H and O–H groups in total. The molecule has 1 amide bonds. The molecule has 1 atom stereocenters. The molecule has 1 aliphatic rings. The lowest BCUT2D eigenvalue weighted by Crippen LogP contribution is -2.48. The van der Waals surface area contributed by atoms with Crippen LogP contribution < -0.4 is 5.32 Å². The Morgan fingerprint density at radius 2 is 2.00 bits per heavy atom. The number of nitrogens with one attached hydrogen (secondary N) is 1. The van der Waals surface area contributed by atoms with Crippen LogP contribution in [0.2, 0.25) is 0 Å². The molecule has 10 heteroatoms. The van der Waals surface area contributed by atoms with Gasteiger partial charge in [-0.15, -0.1) is 5.10 Å². The molecule has 0 radical (unpaired) electrons. The number of hydrogen-bond acceptors (Lipinski definition) is 5. The molecule has 0 bridgehead atoms. The predicted molar refractivity (Wildman–Crippen MR) is 86.3 cm³/mol. The number of piperidine rings is 1. The topological polar surface area (TPSA) is 75.9 Å². The highest BCUT2D eigenvalue weighted by Gasteiger charge is 2.31. The number of aromatic nitrogens is 4. The fourth-order valence-corrected chi connectivity index (χ4v) is 3.12. The van der Waals surface area contributed by atoms with Crippen LogP contribution in [0.1, 0.15) is 30.7 Å². The van der Waals surface area contributed by atoms with Crippen LogP contribution in [-0.4, -0.2) is 50.6 Å². The maximum Gasteiger partial charge on any atom is 0.416 e. The number of amides is 1. The minimum absolute atomic E-state index is 0.0572. The monoisotopic (exact) mass is 368 g/mol. The molecule has 26 heavy (non-hydrogen) atoms. The number of tetrazole rings is 1. The molecule has 3 rings (SSSR count). The van der Waals surface area contributed by atoms with Gasteiger partial charge in [0, 0.05) is 7.05 Å². The lowest BCUT2D eigenvalue weighted by molar-refractivity contribution is -0.137. The van der Waals surface area contributed by atoms with Crippen LogP contribution in [0.4, 0.5) is 13.2 Å². The fraction of sp³-hybridized carbons (Fsp3) is 0.500. The van der Waals surface area contributed by atoms with Crippen molar-refractivity contribution in [2.45, 2.75) is 38.0 Å². The maximum absolute atomic E-state index is 12.7. The van der Waals surface area contributed by atoms with E-state index < -0.39 is 11.7 Å². The standard InChI is InChI=1S/C16H19F3N6O/c1-20-15(26)13-4-2-3-9-24(13)10-14-21-22-23-25(14)12-7-5-11(6-8-12)16(17,18)19/h5-8,13H,2-4,9-10H2,1H3,(H,20,26)/t13-/m0/s1. The summed E-state index contributed by atoms with van der Waals surface area (Å²) in [5.41, 5.74) is -0.293. The van der Waals surface area contributed by atoms with Crippen LogP contribution in [0.25, 0.3) is 5.69 Å². The molecule has 2 aromatic rings. The number of rotatable bonds is 4. The van der Waals surface area contributed by atoms with Gasteiger partial charge in [0.25, 0.3) is 0 Å². The van der Waals surface area contributed by atoms with E-state index in [1.165, 1.54) is 16.8 Å². The summed E-state index contributed by atoms with van der Waals surface area (Å²) in [6, 6.07) is 4.39. The predicted octanol–water partition coefficient (Wildman–Crippen LogP) is 1.78. The first-order chi connectivity index (χ1) is 12.4. The molecule has 140 valence electrons. The van der Waals surface area contributed by atoms with Crippen LogP contribution in [0.3, 0.4) is 0 Å². The van der Waals surface area contributed by atoms with Crippen molar-refractivity contribution in [1.29, 1.82) is 0 Å². The van der Waals surface area contributed by atoms with E-state index in [0.717, 1.165) is 37.9 Å². The number of benzene rings is 1. The molecular formula is C16H19F3N6O. The summed E-state index contributed by atoms with van der Waals surface area (Å²) in [7, 11) is 1.60. The zero-order chi connectivity index (χ0) is 18.7. The van der Waals surface area contributed by atoms with Gasteiger partial charge < -0.3 is 5.32 Å². The van der Waals surface area contributed by atoms with Crippen molar-refractivity contribution in [3.8, 4) is 5.69 Å². The summed E-state index contributed by atoms with van der Waals surface area (Å²) in [6.45, 7) is 1.07. The number of likely N-dealkylation sites (N-methyl/N-ethyl adjacent to an activating group) is 1. The van der Waals surface area contributed by atoms with E-state index >= 15 is 0 Å². The summed E-state index contributed by atoms with van der Waals surface area (Å²) in [4.78, 5) is 14.1. The molecule has 1 aromatic carbocycles. The largest absolute Gasteiger partial charge is 0.416 e. The molecule has 0 unspecified atom stereocenters. The Bertz CT molecular complexity index is 758.